The van der Waals surface area contributed by atoms with Crippen molar-refractivity contribution in [3.8, 4) is 0 Å². The lowest BCUT2D eigenvalue weighted by atomic mass is 9.95. The van der Waals surface area contributed by atoms with Crippen molar-refractivity contribution in [2.24, 2.45) is 5.92 Å². The molecule has 2 unspecified atom stereocenters. The Morgan fingerprint density at radius 3 is 2.35 bits per heavy atom. The van der Waals surface area contributed by atoms with Crippen molar-refractivity contribution in [3.05, 3.63) is 30.1 Å². The SMILES string of the molecule is O=C(O)CCC(CCC(S)Cc1ccncc1)C(=O)O. The molecule has 6 heteroatoms. The predicted octanol–water partition coefficient (Wildman–Crippen LogP) is 2.27. The van der Waals surface area contributed by atoms with Gasteiger partial charge in [-0.25, -0.2) is 0 Å². The van der Waals surface area contributed by atoms with Crippen LogP contribution in [0, 0.1) is 5.92 Å². The number of carbonyl (C=O) groups is 2. The first kappa shape index (κ1) is 16.5. The molecule has 5 nitrogen and oxygen atoms in total. The molecule has 2 N–H and O–H groups in total. The Bertz CT molecular complexity index is 438. The topological polar surface area (TPSA) is 87.5 Å². The molecule has 110 valence electrons. The van der Waals surface area contributed by atoms with Crippen LogP contribution in [-0.4, -0.2) is 32.4 Å². The monoisotopic (exact) mass is 297 g/mol. The van der Waals surface area contributed by atoms with Crippen LogP contribution in [0.5, 0.6) is 0 Å². The summed E-state index contributed by atoms with van der Waals surface area (Å²) in [5, 5.41) is 17.7. The second-order valence-corrected chi connectivity index (χ2v) is 5.49. The van der Waals surface area contributed by atoms with E-state index >= 15 is 0 Å². The molecule has 0 spiro atoms. The molecule has 2 atom stereocenters. The second-order valence-electron chi connectivity index (χ2n) is 4.76. The minimum atomic E-state index is -0.963. The smallest absolute Gasteiger partial charge is 0.306 e. The lowest BCUT2D eigenvalue weighted by molar-refractivity contribution is -0.143. The molecule has 0 radical (unpaired) electrons. The van der Waals surface area contributed by atoms with Crippen molar-refractivity contribution >= 4 is 24.6 Å². The lowest BCUT2D eigenvalue weighted by Crippen LogP contribution is -2.17. The lowest BCUT2D eigenvalue weighted by Gasteiger charge is -2.15. The van der Waals surface area contributed by atoms with Gasteiger partial charge in [-0.3, -0.25) is 14.6 Å². The van der Waals surface area contributed by atoms with Gasteiger partial charge in [0.2, 0.25) is 0 Å². The summed E-state index contributed by atoms with van der Waals surface area (Å²) in [4.78, 5) is 25.5. The van der Waals surface area contributed by atoms with Crippen LogP contribution < -0.4 is 0 Å². The van der Waals surface area contributed by atoms with Gasteiger partial charge >= 0.3 is 11.9 Å². The van der Waals surface area contributed by atoms with Crippen LogP contribution >= 0.6 is 12.6 Å². The van der Waals surface area contributed by atoms with Crippen LogP contribution in [0.3, 0.4) is 0 Å². The third-order valence-corrected chi connectivity index (χ3v) is 3.57. The average molecular weight is 297 g/mol. The number of carboxylic acids is 2. The van der Waals surface area contributed by atoms with Gasteiger partial charge < -0.3 is 10.2 Å². The molecule has 0 aliphatic carbocycles. The van der Waals surface area contributed by atoms with Crippen LogP contribution in [0.4, 0.5) is 0 Å². The summed E-state index contributed by atoms with van der Waals surface area (Å²) >= 11 is 4.46. The number of hydrogen-bond donors (Lipinski definition) is 3. The summed E-state index contributed by atoms with van der Waals surface area (Å²) in [6.45, 7) is 0. The third-order valence-electron chi connectivity index (χ3n) is 3.12. The normalized spacial score (nSPS) is 13.7. The highest BCUT2D eigenvalue weighted by Crippen LogP contribution is 2.19. The van der Waals surface area contributed by atoms with E-state index in [4.69, 9.17) is 10.2 Å². The maximum absolute atomic E-state index is 11.1. The summed E-state index contributed by atoms with van der Waals surface area (Å²) in [6.07, 6.45) is 5.31. The first-order valence-corrected chi connectivity index (χ1v) is 7.02. The zero-order valence-electron chi connectivity index (χ0n) is 11.1. The molecule has 1 rings (SSSR count). The number of carboxylic acid groups (broad SMARTS) is 2. The Labute approximate surface area is 123 Å². The Hall–Kier alpha value is -1.56. The number of thiol groups is 1. The fourth-order valence-corrected chi connectivity index (χ4v) is 2.34. The molecule has 0 fully saturated rings. The third kappa shape index (κ3) is 6.56. The van der Waals surface area contributed by atoms with Gasteiger partial charge in [-0.2, -0.15) is 12.6 Å². The van der Waals surface area contributed by atoms with E-state index in [1.165, 1.54) is 0 Å². The molecular formula is C14H19NO4S. The molecule has 1 heterocycles. The standard InChI is InChI=1S/C14H19NO4S/c16-13(17)4-2-11(14(18)19)1-3-12(20)9-10-5-7-15-8-6-10/h5-8,11-12,20H,1-4,9H2,(H,16,17)(H,18,19). The number of aliphatic carboxylic acids is 2. The van der Waals surface area contributed by atoms with E-state index in [9.17, 15) is 9.59 Å². The zero-order chi connectivity index (χ0) is 15.0. The van der Waals surface area contributed by atoms with E-state index in [1.807, 2.05) is 12.1 Å². The molecule has 0 aromatic carbocycles. The molecule has 0 saturated carbocycles. The Balaban J connectivity index is 2.38. The van der Waals surface area contributed by atoms with E-state index in [-0.39, 0.29) is 18.1 Å². The van der Waals surface area contributed by atoms with Crippen LogP contribution in [0.1, 0.15) is 31.2 Å². The van der Waals surface area contributed by atoms with Crippen molar-refractivity contribution < 1.29 is 19.8 Å². The summed E-state index contributed by atoms with van der Waals surface area (Å²) < 4.78 is 0. The summed E-state index contributed by atoms with van der Waals surface area (Å²) in [6, 6.07) is 3.81. The molecular weight excluding hydrogens is 278 g/mol. The van der Waals surface area contributed by atoms with Gasteiger partial charge in [0.15, 0.2) is 0 Å². The fraction of sp³-hybridized carbons (Fsp3) is 0.500. The Morgan fingerprint density at radius 1 is 1.15 bits per heavy atom. The van der Waals surface area contributed by atoms with E-state index in [0.29, 0.717) is 12.8 Å². The van der Waals surface area contributed by atoms with E-state index in [2.05, 4.69) is 17.6 Å². The van der Waals surface area contributed by atoms with Crippen molar-refractivity contribution in [1.29, 1.82) is 0 Å². The predicted molar refractivity (Wildman–Crippen MR) is 77.9 cm³/mol. The quantitative estimate of drug-likeness (QED) is 0.609. The molecule has 0 aliphatic heterocycles. The molecule has 0 aliphatic rings. The van der Waals surface area contributed by atoms with Gasteiger partial charge in [-0.1, -0.05) is 0 Å². The van der Waals surface area contributed by atoms with Gasteiger partial charge in [0.25, 0.3) is 0 Å². The molecule has 0 amide bonds. The van der Waals surface area contributed by atoms with Gasteiger partial charge in [0, 0.05) is 24.1 Å². The first-order valence-electron chi connectivity index (χ1n) is 6.50. The molecule has 0 bridgehead atoms. The summed E-state index contributed by atoms with van der Waals surface area (Å²) in [5.74, 6) is -2.51. The largest absolute Gasteiger partial charge is 0.481 e. The average Bonchev–Trinajstić information content (AvgIpc) is 2.39. The number of nitrogens with zero attached hydrogens (tertiary/aromatic N) is 1. The minimum absolute atomic E-state index is 0.0593. The molecule has 20 heavy (non-hydrogen) atoms. The second kappa shape index (κ2) is 8.58. The van der Waals surface area contributed by atoms with Crippen LogP contribution in [0.15, 0.2) is 24.5 Å². The Morgan fingerprint density at radius 2 is 1.80 bits per heavy atom. The van der Waals surface area contributed by atoms with Crippen LogP contribution in [0.25, 0.3) is 0 Å². The van der Waals surface area contributed by atoms with Crippen LogP contribution in [-0.2, 0) is 16.0 Å². The minimum Gasteiger partial charge on any atom is -0.481 e. The van der Waals surface area contributed by atoms with Crippen molar-refractivity contribution in [3.63, 3.8) is 0 Å². The van der Waals surface area contributed by atoms with Gasteiger partial charge in [-0.05, 0) is 43.4 Å². The fourth-order valence-electron chi connectivity index (χ4n) is 1.98. The number of aromatic nitrogens is 1. The van der Waals surface area contributed by atoms with Crippen molar-refractivity contribution in [2.75, 3.05) is 0 Å². The number of rotatable bonds is 9. The van der Waals surface area contributed by atoms with Crippen molar-refractivity contribution in [2.45, 2.75) is 37.4 Å². The highest BCUT2D eigenvalue weighted by molar-refractivity contribution is 7.80. The van der Waals surface area contributed by atoms with E-state index < -0.39 is 17.9 Å². The number of pyridine rings is 1. The maximum atomic E-state index is 11.1. The van der Waals surface area contributed by atoms with E-state index in [1.54, 1.807) is 12.4 Å². The highest BCUT2D eigenvalue weighted by Gasteiger charge is 2.19. The van der Waals surface area contributed by atoms with Gasteiger partial charge in [0.1, 0.15) is 0 Å². The van der Waals surface area contributed by atoms with Gasteiger partial charge in [-0.15, -0.1) is 0 Å². The van der Waals surface area contributed by atoms with Crippen molar-refractivity contribution in [1.82, 2.24) is 4.98 Å². The molecule has 0 saturated heterocycles. The zero-order valence-corrected chi connectivity index (χ0v) is 12.0. The Kier molecular flexibility index (Phi) is 7.08. The maximum Gasteiger partial charge on any atom is 0.306 e. The van der Waals surface area contributed by atoms with E-state index in [0.717, 1.165) is 12.0 Å². The summed E-state index contributed by atoms with van der Waals surface area (Å²) in [7, 11) is 0. The van der Waals surface area contributed by atoms with Crippen LogP contribution in [0.2, 0.25) is 0 Å². The summed E-state index contributed by atoms with van der Waals surface area (Å²) in [5.41, 5.74) is 1.11. The molecule has 1 aromatic heterocycles. The first-order chi connectivity index (χ1) is 9.49. The molecule has 1 aromatic rings. The van der Waals surface area contributed by atoms with Gasteiger partial charge in [0.05, 0.1) is 5.92 Å². The number of hydrogen-bond acceptors (Lipinski definition) is 4. The highest BCUT2D eigenvalue weighted by atomic mass is 32.1.